The number of hydrogen-bond acceptors (Lipinski definition) is 3. The first-order valence-electron chi connectivity index (χ1n) is 4.31. The summed E-state index contributed by atoms with van der Waals surface area (Å²) in [6.07, 6.45) is 2.01. The van der Waals surface area contributed by atoms with Crippen molar-refractivity contribution in [3.05, 3.63) is 12.7 Å². The molecule has 2 unspecified atom stereocenters. The van der Waals surface area contributed by atoms with Crippen LogP contribution in [0.4, 0.5) is 0 Å². The Morgan fingerprint density at radius 2 is 2.54 bits per heavy atom. The predicted octanol–water partition coefficient (Wildman–Crippen LogP) is 0.0925. The van der Waals surface area contributed by atoms with Crippen LogP contribution in [0.25, 0.3) is 0 Å². The van der Waals surface area contributed by atoms with Crippen LogP contribution in [-0.4, -0.2) is 38.4 Å². The molecule has 0 saturated carbocycles. The molecule has 0 aliphatic carbocycles. The van der Waals surface area contributed by atoms with Gasteiger partial charge in [0, 0.05) is 13.7 Å². The molecule has 0 aromatic rings. The van der Waals surface area contributed by atoms with Crippen molar-refractivity contribution >= 4 is 5.91 Å². The first-order chi connectivity index (χ1) is 6.27. The zero-order chi connectivity index (χ0) is 9.68. The molecule has 4 heteroatoms. The van der Waals surface area contributed by atoms with E-state index in [1.165, 1.54) is 6.08 Å². The largest absolute Gasteiger partial charge is 0.379 e. The van der Waals surface area contributed by atoms with Gasteiger partial charge in [-0.1, -0.05) is 6.58 Å². The monoisotopic (exact) mass is 185 g/mol. The van der Waals surface area contributed by atoms with E-state index < -0.39 is 0 Å². The molecule has 1 rings (SSSR count). The summed E-state index contributed by atoms with van der Waals surface area (Å²) in [6.45, 7) is 4.60. The Morgan fingerprint density at radius 3 is 3.15 bits per heavy atom. The molecule has 1 amide bonds. The van der Waals surface area contributed by atoms with Gasteiger partial charge in [0.25, 0.3) is 0 Å². The van der Waals surface area contributed by atoms with Gasteiger partial charge in [0.15, 0.2) is 0 Å². The minimum Gasteiger partial charge on any atom is -0.379 e. The van der Waals surface area contributed by atoms with Crippen LogP contribution in [0.1, 0.15) is 6.42 Å². The molecule has 1 aliphatic rings. The van der Waals surface area contributed by atoms with E-state index in [9.17, 15) is 4.79 Å². The molecule has 1 N–H and O–H groups in total. The average molecular weight is 185 g/mol. The van der Waals surface area contributed by atoms with Crippen molar-refractivity contribution < 1.29 is 14.3 Å². The summed E-state index contributed by atoms with van der Waals surface area (Å²) in [5, 5.41) is 2.81. The third kappa shape index (κ3) is 2.82. The summed E-state index contributed by atoms with van der Waals surface area (Å²) < 4.78 is 10.4. The Hall–Kier alpha value is -0.870. The summed E-state index contributed by atoms with van der Waals surface area (Å²) in [5.41, 5.74) is 0. The standard InChI is InChI=1S/C9H15NO3/c1-3-9(11)10-7-4-5-13-6-8(7)12-2/h3,7-8H,1,4-6H2,2H3,(H,10,11). The van der Waals surface area contributed by atoms with E-state index in [2.05, 4.69) is 11.9 Å². The van der Waals surface area contributed by atoms with Gasteiger partial charge in [-0.15, -0.1) is 0 Å². The van der Waals surface area contributed by atoms with Gasteiger partial charge in [-0.25, -0.2) is 0 Å². The lowest BCUT2D eigenvalue weighted by atomic mass is 10.1. The van der Waals surface area contributed by atoms with Crippen LogP contribution in [0, 0.1) is 0 Å². The van der Waals surface area contributed by atoms with Gasteiger partial charge in [0.05, 0.1) is 12.6 Å². The van der Waals surface area contributed by atoms with Gasteiger partial charge in [-0.2, -0.15) is 0 Å². The lowest BCUT2D eigenvalue weighted by Crippen LogP contribution is -2.49. The minimum atomic E-state index is -0.158. The van der Waals surface area contributed by atoms with Crippen molar-refractivity contribution in [1.29, 1.82) is 0 Å². The van der Waals surface area contributed by atoms with E-state index in [0.717, 1.165) is 6.42 Å². The van der Waals surface area contributed by atoms with Crippen LogP contribution >= 0.6 is 0 Å². The predicted molar refractivity (Wildman–Crippen MR) is 48.4 cm³/mol. The van der Waals surface area contributed by atoms with Crippen LogP contribution in [-0.2, 0) is 14.3 Å². The second-order valence-corrected chi connectivity index (χ2v) is 2.96. The molecule has 1 aliphatic heterocycles. The Morgan fingerprint density at radius 1 is 1.77 bits per heavy atom. The molecule has 0 aromatic heterocycles. The molecule has 0 radical (unpaired) electrons. The molecule has 1 heterocycles. The molecule has 0 aromatic carbocycles. The smallest absolute Gasteiger partial charge is 0.243 e. The Labute approximate surface area is 77.9 Å². The maximum absolute atomic E-state index is 11.0. The topological polar surface area (TPSA) is 47.6 Å². The number of rotatable bonds is 3. The van der Waals surface area contributed by atoms with E-state index in [4.69, 9.17) is 9.47 Å². The quantitative estimate of drug-likeness (QED) is 0.634. The number of hydrogen-bond donors (Lipinski definition) is 1. The summed E-state index contributed by atoms with van der Waals surface area (Å²) in [7, 11) is 1.62. The van der Waals surface area contributed by atoms with Gasteiger partial charge in [0.2, 0.25) is 5.91 Å². The van der Waals surface area contributed by atoms with Crippen LogP contribution < -0.4 is 5.32 Å². The highest BCUT2D eigenvalue weighted by atomic mass is 16.5. The number of nitrogens with one attached hydrogen (secondary N) is 1. The normalized spacial score (nSPS) is 28.1. The van der Waals surface area contributed by atoms with Crippen molar-refractivity contribution in [1.82, 2.24) is 5.32 Å². The second kappa shape index (κ2) is 4.99. The minimum absolute atomic E-state index is 0.0438. The number of carbonyl (C=O) groups excluding carboxylic acids is 1. The Bertz CT molecular complexity index is 193. The third-order valence-corrected chi connectivity index (χ3v) is 2.12. The van der Waals surface area contributed by atoms with Gasteiger partial charge in [0.1, 0.15) is 6.10 Å². The van der Waals surface area contributed by atoms with E-state index in [1.54, 1.807) is 7.11 Å². The molecular weight excluding hydrogens is 170 g/mol. The van der Waals surface area contributed by atoms with Crippen molar-refractivity contribution in [2.45, 2.75) is 18.6 Å². The summed E-state index contributed by atoms with van der Waals surface area (Å²) in [4.78, 5) is 11.0. The number of methoxy groups -OCH3 is 1. The summed E-state index contributed by atoms with van der Waals surface area (Å²) >= 11 is 0. The fraction of sp³-hybridized carbons (Fsp3) is 0.667. The molecule has 4 nitrogen and oxygen atoms in total. The fourth-order valence-electron chi connectivity index (χ4n) is 1.35. The summed E-state index contributed by atoms with van der Waals surface area (Å²) in [5.74, 6) is -0.158. The lowest BCUT2D eigenvalue weighted by Gasteiger charge is -2.30. The Kier molecular flexibility index (Phi) is 3.92. The van der Waals surface area contributed by atoms with Gasteiger partial charge in [-0.05, 0) is 12.5 Å². The average Bonchev–Trinajstić information content (AvgIpc) is 2.18. The van der Waals surface area contributed by atoms with Crippen molar-refractivity contribution in [3.63, 3.8) is 0 Å². The molecule has 2 atom stereocenters. The first kappa shape index (κ1) is 10.2. The second-order valence-electron chi connectivity index (χ2n) is 2.96. The highest BCUT2D eigenvalue weighted by Gasteiger charge is 2.26. The highest BCUT2D eigenvalue weighted by molar-refractivity contribution is 5.87. The van der Waals surface area contributed by atoms with Crippen molar-refractivity contribution in [2.75, 3.05) is 20.3 Å². The van der Waals surface area contributed by atoms with E-state index in [1.807, 2.05) is 0 Å². The highest BCUT2D eigenvalue weighted by Crippen LogP contribution is 2.10. The molecule has 0 bridgehead atoms. The molecular formula is C9H15NO3. The van der Waals surface area contributed by atoms with Crippen LogP contribution in [0.15, 0.2) is 12.7 Å². The first-order valence-corrected chi connectivity index (χ1v) is 4.31. The van der Waals surface area contributed by atoms with Crippen LogP contribution in [0.2, 0.25) is 0 Å². The van der Waals surface area contributed by atoms with E-state index in [-0.39, 0.29) is 18.1 Å². The van der Waals surface area contributed by atoms with Gasteiger partial charge < -0.3 is 14.8 Å². The maximum Gasteiger partial charge on any atom is 0.243 e. The zero-order valence-electron chi connectivity index (χ0n) is 7.79. The zero-order valence-corrected chi connectivity index (χ0v) is 7.79. The van der Waals surface area contributed by atoms with Gasteiger partial charge in [-0.3, -0.25) is 4.79 Å². The van der Waals surface area contributed by atoms with E-state index in [0.29, 0.717) is 13.2 Å². The number of carbonyl (C=O) groups is 1. The molecule has 74 valence electrons. The van der Waals surface area contributed by atoms with Crippen molar-refractivity contribution in [2.24, 2.45) is 0 Å². The lowest BCUT2D eigenvalue weighted by molar-refractivity contribution is -0.120. The number of ether oxygens (including phenoxy) is 2. The maximum atomic E-state index is 11.0. The van der Waals surface area contributed by atoms with Crippen LogP contribution in [0.3, 0.4) is 0 Å². The SMILES string of the molecule is C=CC(=O)NC1CCOCC1OC. The molecule has 0 spiro atoms. The van der Waals surface area contributed by atoms with Gasteiger partial charge >= 0.3 is 0 Å². The third-order valence-electron chi connectivity index (χ3n) is 2.12. The molecule has 1 fully saturated rings. The summed E-state index contributed by atoms with van der Waals surface area (Å²) in [6, 6.07) is 0.0456. The Balaban J connectivity index is 2.44. The van der Waals surface area contributed by atoms with Crippen molar-refractivity contribution in [3.8, 4) is 0 Å². The fourth-order valence-corrected chi connectivity index (χ4v) is 1.35. The number of amides is 1. The molecule has 1 saturated heterocycles. The molecule has 13 heavy (non-hydrogen) atoms. The van der Waals surface area contributed by atoms with E-state index >= 15 is 0 Å². The van der Waals surface area contributed by atoms with Crippen LogP contribution in [0.5, 0.6) is 0 Å².